The number of hydrogen-bond acceptors (Lipinski definition) is 2. The first-order valence-electron chi connectivity index (χ1n) is 5.65. The van der Waals surface area contributed by atoms with Gasteiger partial charge in [0, 0.05) is 15.6 Å². The van der Waals surface area contributed by atoms with E-state index in [2.05, 4.69) is 16.7 Å². The molecule has 0 aromatic heterocycles. The van der Waals surface area contributed by atoms with Crippen molar-refractivity contribution in [1.29, 1.82) is 0 Å². The monoisotopic (exact) mass is 308 g/mol. The molecule has 0 spiro atoms. The van der Waals surface area contributed by atoms with Gasteiger partial charge in [-0.3, -0.25) is 0 Å². The molecule has 2 nitrogen and oxygen atoms in total. The molecule has 0 aliphatic heterocycles. The highest BCUT2D eigenvalue weighted by Crippen LogP contribution is 2.24. The van der Waals surface area contributed by atoms with E-state index in [9.17, 15) is 0 Å². The number of para-hydroxylation sites is 1. The zero-order valence-electron chi connectivity index (χ0n) is 10.3. The van der Waals surface area contributed by atoms with Crippen LogP contribution in [0.1, 0.15) is 0 Å². The van der Waals surface area contributed by atoms with Gasteiger partial charge in [0.05, 0.1) is 5.69 Å². The molecule has 2 aromatic carbocycles. The molecule has 0 atom stereocenters. The van der Waals surface area contributed by atoms with Gasteiger partial charge in [0.15, 0.2) is 5.11 Å². The first kappa shape index (κ1) is 14.2. The van der Waals surface area contributed by atoms with Gasteiger partial charge in [-0.2, -0.15) is 0 Å². The Labute approximate surface area is 127 Å². The Morgan fingerprint density at radius 2 is 1.89 bits per heavy atom. The Morgan fingerprint density at radius 3 is 2.63 bits per heavy atom. The molecule has 0 fully saturated rings. The fourth-order valence-electron chi connectivity index (χ4n) is 1.60. The molecule has 2 N–H and O–H groups in total. The van der Waals surface area contributed by atoms with Crippen molar-refractivity contribution < 1.29 is 0 Å². The van der Waals surface area contributed by atoms with Crippen molar-refractivity contribution in [3.8, 4) is 0 Å². The minimum Gasteiger partial charge on any atom is -0.332 e. The third-order valence-corrected chi connectivity index (χ3v) is 3.67. The van der Waals surface area contributed by atoms with Gasteiger partial charge in [-0.15, -0.1) is 11.8 Å². The Kier molecular flexibility index (Phi) is 5.07. The Balaban J connectivity index is 2.05. The number of nitrogens with one attached hydrogen (secondary N) is 2. The van der Waals surface area contributed by atoms with Crippen LogP contribution in [-0.4, -0.2) is 11.4 Å². The van der Waals surface area contributed by atoms with Crippen LogP contribution in [0.4, 0.5) is 11.4 Å². The number of thioether (sulfide) groups is 1. The van der Waals surface area contributed by atoms with Crippen LogP contribution in [0, 0.1) is 0 Å². The molecule has 0 unspecified atom stereocenters. The number of hydrogen-bond donors (Lipinski definition) is 2. The second-order valence-corrected chi connectivity index (χ2v) is 5.48. The largest absolute Gasteiger partial charge is 0.332 e. The number of rotatable bonds is 3. The minimum atomic E-state index is 0.545. The maximum absolute atomic E-state index is 5.93. The highest BCUT2D eigenvalue weighted by molar-refractivity contribution is 7.98. The number of halogens is 1. The van der Waals surface area contributed by atoms with Gasteiger partial charge >= 0.3 is 0 Å². The van der Waals surface area contributed by atoms with Gasteiger partial charge in [0.2, 0.25) is 0 Å². The summed E-state index contributed by atoms with van der Waals surface area (Å²) in [5.74, 6) is 0. The minimum absolute atomic E-state index is 0.545. The molecular formula is C14H13ClN2S2. The second kappa shape index (κ2) is 6.80. The number of anilines is 2. The van der Waals surface area contributed by atoms with Crippen molar-refractivity contribution in [1.82, 2.24) is 0 Å². The summed E-state index contributed by atoms with van der Waals surface area (Å²) >= 11 is 12.9. The van der Waals surface area contributed by atoms with Crippen LogP contribution in [0.25, 0.3) is 0 Å². The highest BCUT2D eigenvalue weighted by Gasteiger charge is 2.03. The van der Waals surface area contributed by atoms with Crippen molar-refractivity contribution in [2.45, 2.75) is 4.90 Å². The average molecular weight is 309 g/mol. The molecule has 0 saturated heterocycles. The molecule has 19 heavy (non-hydrogen) atoms. The lowest BCUT2D eigenvalue weighted by Crippen LogP contribution is -2.19. The summed E-state index contributed by atoms with van der Waals surface area (Å²) in [6.07, 6.45) is 2.04. The Morgan fingerprint density at radius 1 is 1.11 bits per heavy atom. The lowest BCUT2D eigenvalue weighted by molar-refractivity contribution is 1.44. The van der Waals surface area contributed by atoms with Crippen LogP contribution < -0.4 is 10.6 Å². The van der Waals surface area contributed by atoms with Gasteiger partial charge in [-0.05, 0) is 48.8 Å². The van der Waals surface area contributed by atoms with Crippen molar-refractivity contribution >= 4 is 52.1 Å². The van der Waals surface area contributed by atoms with Crippen molar-refractivity contribution in [2.75, 3.05) is 16.9 Å². The maximum Gasteiger partial charge on any atom is 0.175 e. The van der Waals surface area contributed by atoms with E-state index in [1.165, 1.54) is 0 Å². The molecule has 0 amide bonds. The van der Waals surface area contributed by atoms with E-state index in [0.29, 0.717) is 10.1 Å². The zero-order valence-corrected chi connectivity index (χ0v) is 12.7. The van der Waals surface area contributed by atoms with Gasteiger partial charge in [-0.25, -0.2) is 0 Å². The Hall–Kier alpha value is -1.23. The Bertz CT molecular complexity index is 587. The summed E-state index contributed by atoms with van der Waals surface area (Å²) in [6, 6.07) is 15.5. The summed E-state index contributed by atoms with van der Waals surface area (Å²) < 4.78 is 0. The predicted molar refractivity (Wildman–Crippen MR) is 89.5 cm³/mol. The first-order valence-corrected chi connectivity index (χ1v) is 7.67. The summed E-state index contributed by atoms with van der Waals surface area (Å²) in [5.41, 5.74) is 1.86. The quantitative estimate of drug-likeness (QED) is 0.624. The third-order valence-electron chi connectivity index (χ3n) is 2.44. The van der Waals surface area contributed by atoms with E-state index in [4.69, 9.17) is 23.8 Å². The SMILES string of the molecule is CSc1ccccc1NC(=S)Nc1cccc(Cl)c1. The zero-order chi connectivity index (χ0) is 13.7. The molecular weight excluding hydrogens is 296 g/mol. The molecule has 2 rings (SSSR count). The third kappa shape index (κ3) is 4.13. The molecule has 0 heterocycles. The summed E-state index contributed by atoms with van der Waals surface area (Å²) in [4.78, 5) is 1.15. The molecule has 2 aromatic rings. The summed E-state index contributed by atoms with van der Waals surface area (Å²) in [6.45, 7) is 0. The first-order chi connectivity index (χ1) is 9.19. The van der Waals surface area contributed by atoms with E-state index in [-0.39, 0.29) is 0 Å². The van der Waals surface area contributed by atoms with E-state index < -0.39 is 0 Å². The van der Waals surface area contributed by atoms with Gasteiger partial charge in [0.1, 0.15) is 0 Å². The predicted octanol–water partition coefficient (Wildman–Crippen LogP) is 4.87. The van der Waals surface area contributed by atoms with Crippen LogP contribution in [0.2, 0.25) is 5.02 Å². The molecule has 98 valence electrons. The van der Waals surface area contributed by atoms with Crippen LogP contribution in [-0.2, 0) is 0 Å². The molecule has 0 aliphatic carbocycles. The van der Waals surface area contributed by atoms with Crippen molar-refractivity contribution in [3.63, 3.8) is 0 Å². The van der Waals surface area contributed by atoms with Crippen LogP contribution >= 0.6 is 35.6 Å². The maximum atomic E-state index is 5.93. The van der Waals surface area contributed by atoms with Crippen LogP contribution in [0.5, 0.6) is 0 Å². The van der Waals surface area contributed by atoms with E-state index in [0.717, 1.165) is 16.3 Å². The van der Waals surface area contributed by atoms with E-state index in [1.54, 1.807) is 11.8 Å². The van der Waals surface area contributed by atoms with Gasteiger partial charge < -0.3 is 10.6 Å². The average Bonchev–Trinajstić information content (AvgIpc) is 2.39. The lowest BCUT2D eigenvalue weighted by Gasteiger charge is -2.13. The van der Waals surface area contributed by atoms with E-state index in [1.807, 2.05) is 48.7 Å². The number of thiocarbonyl (C=S) groups is 1. The smallest absolute Gasteiger partial charge is 0.175 e. The topological polar surface area (TPSA) is 24.1 Å². The molecule has 0 aliphatic rings. The van der Waals surface area contributed by atoms with Crippen molar-refractivity contribution in [3.05, 3.63) is 53.6 Å². The highest BCUT2D eigenvalue weighted by atomic mass is 35.5. The molecule has 5 heteroatoms. The summed E-state index contributed by atoms with van der Waals surface area (Å²) in [7, 11) is 0. The lowest BCUT2D eigenvalue weighted by atomic mass is 10.3. The molecule has 0 saturated carbocycles. The standard InChI is InChI=1S/C14H13ClN2S2/c1-19-13-8-3-2-7-12(13)17-14(18)16-11-6-4-5-10(15)9-11/h2-9H,1H3,(H2,16,17,18). The van der Waals surface area contributed by atoms with Gasteiger partial charge in [0.25, 0.3) is 0 Å². The second-order valence-electron chi connectivity index (χ2n) is 3.79. The van der Waals surface area contributed by atoms with Crippen LogP contribution in [0.15, 0.2) is 53.4 Å². The van der Waals surface area contributed by atoms with Gasteiger partial charge in [-0.1, -0.05) is 29.8 Å². The van der Waals surface area contributed by atoms with Crippen molar-refractivity contribution in [2.24, 2.45) is 0 Å². The number of benzene rings is 2. The van der Waals surface area contributed by atoms with E-state index >= 15 is 0 Å². The molecule has 0 radical (unpaired) electrons. The summed E-state index contributed by atoms with van der Waals surface area (Å²) in [5, 5.41) is 7.52. The molecule has 0 bridgehead atoms. The van der Waals surface area contributed by atoms with Crippen LogP contribution in [0.3, 0.4) is 0 Å². The fraction of sp³-hybridized carbons (Fsp3) is 0.0714. The fourth-order valence-corrected chi connectivity index (χ4v) is 2.57. The normalized spacial score (nSPS) is 10.0.